The van der Waals surface area contributed by atoms with Crippen LogP contribution in [-0.4, -0.2) is 19.2 Å². The molecular formula is C25H23BrCl3NO2. The first kappa shape index (κ1) is 24.0. The van der Waals surface area contributed by atoms with Crippen LogP contribution in [0.5, 0.6) is 0 Å². The molecule has 168 valence electrons. The van der Waals surface area contributed by atoms with E-state index in [1.54, 1.807) is 6.07 Å². The minimum Gasteiger partial charge on any atom is -0.369 e. The summed E-state index contributed by atoms with van der Waals surface area (Å²) in [5.41, 5.74) is 2.50. The third-order valence-corrected chi connectivity index (χ3v) is 7.22. The van der Waals surface area contributed by atoms with Crippen molar-refractivity contribution in [2.45, 2.75) is 31.3 Å². The lowest BCUT2D eigenvalue weighted by Crippen LogP contribution is -2.54. The zero-order chi connectivity index (χ0) is 22.6. The fourth-order valence-electron chi connectivity index (χ4n) is 3.96. The van der Waals surface area contributed by atoms with Crippen molar-refractivity contribution in [3.8, 4) is 0 Å². The van der Waals surface area contributed by atoms with E-state index in [0.29, 0.717) is 34.8 Å². The average Bonchev–Trinajstić information content (AvgIpc) is 2.80. The molecule has 1 saturated heterocycles. The molecule has 0 amide bonds. The number of piperidine rings is 1. The summed E-state index contributed by atoms with van der Waals surface area (Å²) in [7, 11) is 0. The van der Waals surface area contributed by atoms with Crippen molar-refractivity contribution in [2.24, 2.45) is 0 Å². The average molecular weight is 556 g/mol. The second kappa shape index (κ2) is 10.9. The van der Waals surface area contributed by atoms with Gasteiger partial charge in [-0.2, -0.15) is 0 Å². The molecule has 0 saturated carbocycles. The molecule has 0 aromatic heterocycles. The van der Waals surface area contributed by atoms with Gasteiger partial charge in [0.1, 0.15) is 11.7 Å². The maximum Gasteiger partial charge on any atom is 0.122 e. The minimum atomic E-state index is -0.612. The third kappa shape index (κ3) is 5.68. The Morgan fingerprint density at radius 3 is 2.31 bits per heavy atom. The molecule has 1 heterocycles. The summed E-state index contributed by atoms with van der Waals surface area (Å²) < 4.78 is 14.2. The Hall–Kier alpha value is -1.11. The van der Waals surface area contributed by atoms with Crippen LogP contribution in [0.2, 0.25) is 15.1 Å². The van der Waals surface area contributed by atoms with Crippen LogP contribution in [0, 0.1) is 0 Å². The van der Waals surface area contributed by atoms with E-state index in [4.69, 9.17) is 44.3 Å². The highest BCUT2D eigenvalue weighted by molar-refractivity contribution is 9.10. The Morgan fingerprint density at radius 1 is 0.875 bits per heavy atom. The third-order valence-electron chi connectivity index (χ3n) is 5.70. The van der Waals surface area contributed by atoms with Crippen LogP contribution in [0.4, 0.5) is 0 Å². The molecule has 32 heavy (non-hydrogen) atoms. The molecule has 1 N–H and O–H groups in total. The number of hydrogen-bond acceptors (Lipinski definition) is 3. The molecule has 3 nitrogen and oxygen atoms in total. The topological polar surface area (TPSA) is 30.5 Å². The maximum atomic E-state index is 6.70. The van der Waals surface area contributed by atoms with E-state index < -0.39 is 5.60 Å². The van der Waals surface area contributed by atoms with Gasteiger partial charge < -0.3 is 14.8 Å². The number of nitrogens with one attached hydrogen (secondary N) is 1. The summed E-state index contributed by atoms with van der Waals surface area (Å²) in [6, 6.07) is 21.6. The molecule has 3 aromatic rings. The van der Waals surface area contributed by atoms with Crippen molar-refractivity contribution in [1.29, 1.82) is 0 Å². The molecule has 3 aromatic carbocycles. The fraction of sp³-hybridized carbons (Fsp3) is 0.280. The Kier molecular flexibility index (Phi) is 8.17. The van der Waals surface area contributed by atoms with Gasteiger partial charge in [0.05, 0.1) is 23.3 Å². The molecule has 4 rings (SSSR count). The maximum absolute atomic E-state index is 6.70. The Morgan fingerprint density at radius 2 is 1.59 bits per heavy atom. The van der Waals surface area contributed by atoms with Gasteiger partial charge >= 0.3 is 0 Å². The predicted molar refractivity (Wildman–Crippen MR) is 135 cm³/mol. The zero-order valence-corrected chi connectivity index (χ0v) is 21.1. The SMILES string of the molecule is Clc1ccc([C@]2(OCc3ccc(Br)cc3)CCNC[C@@H]2OCc2ccc(Cl)c(Cl)c2)cc1. The van der Waals surface area contributed by atoms with Gasteiger partial charge in [-0.25, -0.2) is 0 Å². The van der Waals surface area contributed by atoms with Crippen LogP contribution < -0.4 is 5.32 Å². The van der Waals surface area contributed by atoms with E-state index in [2.05, 4.69) is 33.4 Å². The molecule has 0 aliphatic carbocycles. The van der Waals surface area contributed by atoms with Gasteiger partial charge in [-0.15, -0.1) is 0 Å². The molecule has 0 bridgehead atoms. The second-order valence-electron chi connectivity index (χ2n) is 7.81. The monoisotopic (exact) mass is 553 g/mol. The van der Waals surface area contributed by atoms with E-state index in [1.807, 2.05) is 48.5 Å². The minimum absolute atomic E-state index is 0.206. The Labute approximate surface area is 212 Å². The first-order valence-corrected chi connectivity index (χ1v) is 12.3. The van der Waals surface area contributed by atoms with E-state index in [9.17, 15) is 0 Å². The fourth-order valence-corrected chi connectivity index (χ4v) is 4.67. The molecule has 0 radical (unpaired) electrons. The summed E-state index contributed by atoms with van der Waals surface area (Å²) in [4.78, 5) is 0. The van der Waals surface area contributed by atoms with E-state index in [0.717, 1.165) is 34.1 Å². The lowest BCUT2D eigenvalue weighted by Gasteiger charge is -2.44. The van der Waals surface area contributed by atoms with Gasteiger partial charge in [-0.05, 0) is 66.1 Å². The van der Waals surface area contributed by atoms with Gasteiger partial charge in [-0.1, -0.05) is 81.1 Å². The second-order valence-corrected chi connectivity index (χ2v) is 9.98. The van der Waals surface area contributed by atoms with Crippen LogP contribution in [0.25, 0.3) is 0 Å². The van der Waals surface area contributed by atoms with Gasteiger partial charge in [0.2, 0.25) is 0 Å². The first-order valence-electron chi connectivity index (χ1n) is 10.4. The van der Waals surface area contributed by atoms with Gasteiger partial charge in [0.15, 0.2) is 0 Å². The van der Waals surface area contributed by atoms with Crippen LogP contribution in [0.15, 0.2) is 71.2 Å². The van der Waals surface area contributed by atoms with E-state index in [-0.39, 0.29) is 6.10 Å². The lowest BCUT2D eigenvalue weighted by atomic mass is 9.82. The Bertz CT molecular complexity index is 1050. The largest absolute Gasteiger partial charge is 0.369 e. The molecular weight excluding hydrogens is 533 g/mol. The van der Waals surface area contributed by atoms with Gasteiger partial charge in [0, 0.05) is 16.0 Å². The smallest absolute Gasteiger partial charge is 0.122 e. The molecule has 1 aliphatic heterocycles. The van der Waals surface area contributed by atoms with Crippen molar-refractivity contribution >= 4 is 50.7 Å². The number of benzene rings is 3. The molecule has 7 heteroatoms. The molecule has 0 unspecified atom stereocenters. The molecule has 2 atom stereocenters. The highest BCUT2D eigenvalue weighted by Crippen LogP contribution is 2.39. The molecule has 0 spiro atoms. The van der Waals surface area contributed by atoms with E-state index >= 15 is 0 Å². The summed E-state index contributed by atoms with van der Waals surface area (Å²) in [6.45, 7) is 2.38. The highest BCUT2D eigenvalue weighted by atomic mass is 79.9. The van der Waals surface area contributed by atoms with Crippen LogP contribution in [0.1, 0.15) is 23.1 Å². The molecule has 1 aliphatic rings. The first-order chi connectivity index (χ1) is 15.5. The number of hydrogen-bond donors (Lipinski definition) is 1. The number of halogens is 4. The van der Waals surface area contributed by atoms with Gasteiger partial charge in [-0.3, -0.25) is 0 Å². The normalized spacial score (nSPS) is 20.9. The molecule has 1 fully saturated rings. The van der Waals surface area contributed by atoms with Crippen LogP contribution in [-0.2, 0) is 28.3 Å². The van der Waals surface area contributed by atoms with Crippen molar-refractivity contribution in [3.63, 3.8) is 0 Å². The highest BCUT2D eigenvalue weighted by Gasteiger charge is 2.44. The Balaban J connectivity index is 1.60. The van der Waals surface area contributed by atoms with E-state index in [1.165, 1.54) is 0 Å². The number of rotatable bonds is 7. The van der Waals surface area contributed by atoms with Gasteiger partial charge in [0.25, 0.3) is 0 Å². The summed E-state index contributed by atoms with van der Waals surface area (Å²) >= 11 is 21.9. The van der Waals surface area contributed by atoms with Crippen molar-refractivity contribution in [1.82, 2.24) is 5.32 Å². The lowest BCUT2D eigenvalue weighted by molar-refractivity contribution is -0.176. The van der Waals surface area contributed by atoms with Crippen LogP contribution >= 0.6 is 50.7 Å². The number of ether oxygens (including phenoxy) is 2. The quantitative estimate of drug-likeness (QED) is 0.330. The predicted octanol–water partition coefficient (Wildman–Crippen LogP) is 7.40. The summed E-state index contributed by atoms with van der Waals surface area (Å²) in [6.07, 6.45) is 0.569. The van der Waals surface area contributed by atoms with Crippen LogP contribution in [0.3, 0.4) is 0 Å². The zero-order valence-electron chi connectivity index (χ0n) is 17.3. The summed E-state index contributed by atoms with van der Waals surface area (Å²) in [5, 5.41) is 5.19. The summed E-state index contributed by atoms with van der Waals surface area (Å²) in [5.74, 6) is 0. The van der Waals surface area contributed by atoms with Crippen molar-refractivity contribution in [2.75, 3.05) is 13.1 Å². The standard InChI is InChI=1S/C25H23BrCl3NO2/c26-20-6-1-17(2-7-20)16-32-25(19-4-8-21(27)9-5-19)11-12-30-14-24(25)31-15-18-3-10-22(28)23(29)13-18/h1-10,13,24,30H,11-12,14-16H2/t24-,25+/m0/s1. The van der Waals surface area contributed by atoms with Crippen molar-refractivity contribution in [3.05, 3.63) is 103 Å². The van der Waals surface area contributed by atoms with Crippen molar-refractivity contribution < 1.29 is 9.47 Å².